The summed E-state index contributed by atoms with van der Waals surface area (Å²) in [7, 11) is 1.60. The second-order valence-electron chi connectivity index (χ2n) is 17.4. The van der Waals surface area contributed by atoms with Crippen LogP contribution in [0, 0.1) is 17.3 Å². The van der Waals surface area contributed by atoms with Crippen LogP contribution in [0.15, 0.2) is 67.3 Å². The SMILES string of the molecule is C=C1CCC(N2C(=O)c3cccc(CC4CC5(CCN(CC6CCC(c7nc8cc(OC)c(NC(=O)c9cnn%10cccnc9%10)cc8s7)CC6)CC5)C4)c3C2=O)C(=O)N1. The van der Waals surface area contributed by atoms with Crippen LogP contribution >= 0.6 is 11.3 Å². The molecule has 4 amide bonds. The highest BCUT2D eigenvalue weighted by Gasteiger charge is 2.48. The molecule has 13 nitrogen and oxygen atoms in total. The maximum Gasteiger partial charge on any atom is 0.262 e. The number of rotatable bonds is 9. The fourth-order valence-electron chi connectivity index (χ4n) is 10.6. The summed E-state index contributed by atoms with van der Waals surface area (Å²) in [5.74, 6) is 0.873. The number of nitrogens with one attached hydrogen (secondary N) is 2. The molecule has 304 valence electrons. The van der Waals surface area contributed by atoms with Gasteiger partial charge in [-0.2, -0.15) is 5.10 Å². The van der Waals surface area contributed by atoms with Crippen molar-refractivity contribution >= 4 is 56.5 Å². The zero-order valence-corrected chi connectivity index (χ0v) is 34.1. The zero-order chi connectivity index (χ0) is 40.4. The van der Waals surface area contributed by atoms with Crippen molar-refractivity contribution in [3.05, 3.63) is 94.5 Å². The first kappa shape index (κ1) is 37.8. The number of amides is 4. The Morgan fingerprint density at radius 2 is 1.85 bits per heavy atom. The third-order valence-corrected chi connectivity index (χ3v) is 14.9. The van der Waals surface area contributed by atoms with Gasteiger partial charge in [0.1, 0.15) is 17.4 Å². The standard InChI is InChI=1S/C45H48N8O5S/c1-26-7-12-35(41(55)48-26)53-43(56)31-6-3-5-30(38(31)44(53)57)19-28-22-45(23-28)13-17-51(18-14-45)25-27-8-10-29(11-9-27)42-50-34-20-36(58-2)33(21-37(34)59-42)49-40(54)32-24-47-52-16-4-15-46-39(32)52/h3-6,15-16,20-21,24,27-29,35H,1,7-14,17-19,22-23,25H2,2H3,(H,48,55)(H,49,54). The van der Waals surface area contributed by atoms with E-state index in [1.54, 1.807) is 47.5 Å². The minimum absolute atomic E-state index is 0.294. The normalized spacial score (nSPS) is 23.5. The van der Waals surface area contributed by atoms with Gasteiger partial charge in [-0.05, 0) is 125 Å². The molecule has 1 atom stereocenters. The summed E-state index contributed by atoms with van der Waals surface area (Å²) in [5, 5.41) is 11.1. The average molecular weight is 813 g/mol. The van der Waals surface area contributed by atoms with Crippen molar-refractivity contribution in [3.63, 3.8) is 0 Å². The lowest BCUT2D eigenvalue weighted by Crippen LogP contribution is -2.51. The topological polar surface area (TPSA) is 151 Å². The van der Waals surface area contributed by atoms with Gasteiger partial charge in [-0.1, -0.05) is 18.7 Å². The lowest BCUT2D eigenvalue weighted by Gasteiger charge is -2.53. The Balaban J connectivity index is 0.704. The summed E-state index contributed by atoms with van der Waals surface area (Å²) in [4.78, 5) is 66.2. The number of hydrogen-bond donors (Lipinski definition) is 2. The van der Waals surface area contributed by atoms with Gasteiger partial charge in [0.05, 0.1) is 45.3 Å². The maximum absolute atomic E-state index is 13.7. The number of hydrogen-bond acceptors (Lipinski definition) is 10. The van der Waals surface area contributed by atoms with Gasteiger partial charge < -0.3 is 20.3 Å². The second-order valence-corrected chi connectivity index (χ2v) is 18.5. The number of fused-ring (bicyclic) bond motifs is 3. The van der Waals surface area contributed by atoms with Gasteiger partial charge in [0.15, 0.2) is 5.65 Å². The highest BCUT2D eigenvalue weighted by Crippen LogP contribution is 2.54. The van der Waals surface area contributed by atoms with Crippen LogP contribution in [-0.4, -0.2) is 85.8 Å². The second kappa shape index (κ2) is 15.0. The van der Waals surface area contributed by atoms with Crippen molar-refractivity contribution in [2.45, 2.75) is 82.6 Å². The van der Waals surface area contributed by atoms with Gasteiger partial charge in [-0.3, -0.25) is 24.1 Å². The average Bonchev–Trinajstić information content (AvgIpc) is 3.92. The highest BCUT2D eigenvalue weighted by atomic mass is 32.1. The van der Waals surface area contributed by atoms with Crippen LogP contribution in [-0.2, 0) is 11.2 Å². The Bertz CT molecular complexity index is 2520. The zero-order valence-electron chi connectivity index (χ0n) is 33.2. The van der Waals surface area contributed by atoms with Gasteiger partial charge in [0.25, 0.3) is 17.7 Å². The molecule has 3 aliphatic heterocycles. The van der Waals surface area contributed by atoms with E-state index in [0.29, 0.717) is 75.5 Å². The summed E-state index contributed by atoms with van der Waals surface area (Å²) in [5.41, 5.74) is 5.25. The fraction of sp³-hybridized carbons (Fsp3) is 0.444. The number of ether oxygens (including phenoxy) is 1. The van der Waals surface area contributed by atoms with Crippen LogP contribution in [0.2, 0.25) is 0 Å². The molecule has 4 fully saturated rings. The van der Waals surface area contributed by atoms with E-state index in [1.807, 2.05) is 24.3 Å². The van der Waals surface area contributed by atoms with Crippen LogP contribution in [0.3, 0.4) is 0 Å². The molecule has 2 saturated heterocycles. The molecule has 1 unspecified atom stereocenters. The Kier molecular flexibility index (Phi) is 9.58. The number of carbonyl (C=O) groups excluding carboxylic acids is 4. The summed E-state index contributed by atoms with van der Waals surface area (Å²) in [6, 6.07) is 10.5. The number of aromatic nitrogens is 4. The Morgan fingerprint density at radius 3 is 2.63 bits per heavy atom. The molecular weight excluding hydrogens is 765 g/mol. The molecule has 2 N–H and O–H groups in total. The first-order valence-electron chi connectivity index (χ1n) is 20.9. The largest absolute Gasteiger partial charge is 0.494 e. The molecule has 2 saturated carbocycles. The van der Waals surface area contributed by atoms with Crippen molar-refractivity contribution in [2.24, 2.45) is 17.3 Å². The van der Waals surface area contributed by atoms with Crippen molar-refractivity contribution in [1.29, 1.82) is 0 Å². The maximum atomic E-state index is 13.7. The molecule has 14 heteroatoms. The molecule has 6 heterocycles. The molecule has 0 bridgehead atoms. The number of imide groups is 1. The smallest absolute Gasteiger partial charge is 0.262 e. The number of anilines is 1. The minimum atomic E-state index is -0.788. The summed E-state index contributed by atoms with van der Waals surface area (Å²) >= 11 is 1.71. The number of allylic oxidation sites excluding steroid dienone is 1. The quantitative estimate of drug-likeness (QED) is 0.150. The lowest BCUT2D eigenvalue weighted by atomic mass is 9.56. The summed E-state index contributed by atoms with van der Waals surface area (Å²) in [6.07, 6.45) is 16.1. The molecule has 5 aromatic rings. The number of piperidine rings is 2. The predicted molar refractivity (Wildman–Crippen MR) is 224 cm³/mol. The van der Waals surface area contributed by atoms with Crippen LogP contribution in [0.4, 0.5) is 5.69 Å². The third kappa shape index (κ3) is 6.89. The van der Waals surface area contributed by atoms with E-state index in [1.165, 1.54) is 36.8 Å². The molecule has 0 radical (unpaired) electrons. The fourth-order valence-corrected chi connectivity index (χ4v) is 11.8. The lowest BCUT2D eigenvalue weighted by molar-refractivity contribution is -0.125. The van der Waals surface area contributed by atoms with Crippen LogP contribution in [0.1, 0.15) is 112 Å². The Morgan fingerprint density at radius 1 is 1.03 bits per heavy atom. The number of thiazole rings is 1. The van der Waals surface area contributed by atoms with Crippen LogP contribution < -0.4 is 15.4 Å². The summed E-state index contributed by atoms with van der Waals surface area (Å²) < 4.78 is 8.28. The van der Waals surface area contributed by atoms with E-state index < -0.39 is 6.04 Å². The number of benzene rings is 2. The van der Waals surface area contributed by atoms with Crippen molar-refractivity contribution in [2.75, 3.05) is 32.1 Å². The molecule has 2 aromatic carbocycles. The van der Waals surface area contributed by atoms with Crippen LogP contribution in [0.25, 0.3) is 15.9 Å². The van der Waals surface area contributed by atoms with E-state index in [-0.39, 0.29) is 23.6 Å². The van der Waals surface area contributed by atoms with Crippen LogP contribution in [0.5, 0.6) is 5.75 Å². The number of carbonyl (C=O) groups is 4. The molecule has 5 aliphatic rings. The highest BCUT2D eigenvalue weighted by molar-refractivity contribution is 7.18. The third-order valence-electron chi connectivity index (χ3n) is 13.7. The number of methoxy groups -OCH3 is 1. The van der Waals surface area contributed by atoms with Gasteiger partial charge in [0, 0.05) is 36.6 Å². The molecule has 59 heavy (non-hydrogen) atoms. The van der Waals surface area contributed by atoms with Gasteiger partial charge >= 0.3 is 0 Å². The monoisotopic (exact) mass is 812 g/mol. The molecule has 3 aromatic heterocycles. The van der Waals surface area contributed by atoms with Gasteiger partial charge in [0.2, 0.25) is 5.91 Å². The van der Waals surface area contributed by atoms with Crippen molar-refractivity contribution < 1.29 is 23.9 Å². The molecule has 10 rings (SSSR count). The Hall–Kier alpha value is -5.47. The van der Waals surface area contributed by atoms with Crippen molar-refractivity contribution in [1.82, 2.24) is 34.7 Å². The predicted octanol–water partition coefficient (Wildman–Crippen LogP) is 7.00. The first-order valence-corrected chi connectivity index (χ1v) is 21.8. The van der Waals surface area contributed by atoms with E-state index in [4.69, 9.17) is 9.72 Å². The van der Waals surface area contributed by atoms with E-state index in [2.05, 4.69) is 32.2 Å². The molecule has 1 spiro atoms. The van der Waals surface area contributed by atoms with Gasteiger partial charge in [-0.15, -0.1) is 11.3 Å². The van der Waals surface area contributed by atoms with E-state index in [9.17, 15) is 19.2 Å². The van der Waals surface area contributed by atoms with E-state index in [0.717, 1.165) is 72.5 Å². The van der Waals surface area contributed by atoms with E-state index >= 15 is 0 Å². The molecular formula is C45H48N8O5S. The first-order chi connectivity index (χ1) is 28.6. The Labute approximate surface area is 346 Å². The van der Waals surface area contributed by atoms with Crippen molar-refractivity contribution in [3.8, 4) is 5.75 Å². The minimum Gasteiger partial charge on any atom is -0.494 e. The number of nitrogens with zero attached hydrogens (tertiary/aromatic N) is 6. The summed E-state index contributed by atoms with van der Waals surface area (Å²) in [6.45, 7) is 7.26. The number of likely N-dealkylation sites (tertiary alicyclic amines) is 1. The van der Waals surface area contributed by atoms with Gasteiger partial charge in [-0.25, -0.2) is 14.5 Å². The molecule has 2 aliphatic carbocycles.